The zero-order valence-corrected chi connectivity index (χ0v) is 10.5. The van der Waals surface area contributed by atoms with Gasteiger partial charge in [0.05, 0.1) is 0 Å². The lowest BCUT2D eigenvalue weighted by Crippen LogP contribution is -2.63. The Hall–Kier alpha value is -1.06. The molecule has 1 heterocycles. The van der Waals surface area contributed by atoms with Crippen molar-refractivity contribution < 1.29 is 9.59 Å². The van der Waals surface area contributed by atoms with Gasteiger partial charge in [-0.2, -0.15) is 0 Å². The van der Waals surface area contributed by atoms with Gasteiger partial charge in [-0.15, -0.1) is 0 Å². The molecule has 1 aliphatic heterocycles. The third-order valence-electron chi connectivity index (χ3n) is 4.44. The van der Waals surface area contributed by atoms with Crippen molar-refractivity contribution in [2.24, 2.45) is 11.3 Å². The molecule has 4 heteroatoms. The van der Waals surface area contributed by atoms with Crippen LogP contribution in [0.15, 0.2) is 0 Å². The van der Waals surface area contributed by atoms with Crippen molar-refractivity contribution in [2.45, 2.75) is 51.6 Å². The Balaban J connectivity index is 1.77. The minimum Gasteiger partial charge on any atom is -0.342 e. The number of nitrogens with zero attached hydrogens (tertiary/aromatic N) is 1. The van der Waals surface area contributed by atoms with Gasteiger partial charge in [0.25, 0.3) is 0 Å². The van der Waals surface area contributed by atoms with Gasteiger partial charge in [0.15, 0.2) is 0 Å². The average Bonchev–Trinajstić information content (AvgIpc) is 3.16. The van der Waals surface area contributed by atoms with E-state index in [1.807, 2.05) is 11.8 Å². The molecule has 4 nitrogen and oxygen atoms in total. The minimum atomic E-state index is -0.296. The molecule has 3 rings (SSSR count). The van der Waals surface area contributed by atoms with Crippen molar-refractivity contribution in [1.82, 2.24) is 10.2 Å². The fourth-order valence-corrected chi connectivity index (χ4v) is 2.59. The van der Waals surface area contributed by atoms with Crippen LogP contribution in [-0.2, 0) is 9.59 Å². The van der Waals surface area contributed by atoms with Crippen LogP contribution in [0, 0.1) is 11.3 Å². The maximum Gasteiger partial charge on any atom is 0.246 e. The molecular weight excluding hydrogens is 216 g/mol. The number of piperazine rings is 1. The fraction of sp³-hybridized carbons (Fsp3) is 0.846. The summed E-state index contributed by atoms with van der Waals surface area (Å²) in [6.07, 6.45) is 4.52. The van der Waals surface area contributed by atoms with Gasteiger partial charge in [0.1, 0.15) is 12.1 Å². The second-order valence-electron chi connectivity index (χ2n) is 6.28. The number of carbonyl (C=O) groups is 2. The second-order valence-corrected chi connectivity index (χ2v) is 6.28. The first-order valence-electron chi connectivity index (χ1n) is 6.61. The van der Waals surface area contributed by atoms with E-state index in [1.54, 1.807) is 0 Å². The Labute approximate surface area is 102 Å². The van der Waals surface area contributed by atoms with Gasteiger partial charge in [-0.3, -0.25) is 9.59 Å². The molecule has 0 aromatic rings. The number of hydrogen-bond donors (Lipinski definition) is 1. The van der Waals surface area contributed by atoms with Crippen molar-refractivity contribution in [3.63, 3.8) is 0 Å². The molecule has 3 aliphatic rings. The summed E-state index contributed by atoms with van der Waals surface area (Å²) in [5.41, 5.74) is 0.273. The smallest absolute Gasteiger partial charge is 0.246 e. The molecule has 2 amide bonds. The predicted molar refractivity (Wildman–Crippen MR) is 63.2 cm³/mol. The molecule has 2 unspecified atom stereocenters. The highest BCUT2D eigenvalue weighted by Crippen LogP contribution is 2.46. The van der Waals surface area contributed by atoms with Gasteiger partial charge in [0.2, 0.25) is 11.8 Å². The molecule has 2 atom stereocenters. The van der Waals surface area contributed by atoms with Gasteiger partial charge in [-0.1, -0.05) is 6.92 Å². The van der Waals surface area contributed by atoms with Crippen LogP contribution in [0.25, 0.3) is 0 Å². The highest BCUT2D eigenvalue weighted by molar-refractivity contribution is 5.97. The van der Waals surface area contributed by atoms with Crippen LogP contribution in [0.5, 0.6) is 0 Å². The monoisotopic (exact) mass is 236 g/mol. The van der Waals surface area contributed by atoms with E-state index in [4.69, 9.17) is 0 Å². The molecule has 0 bridgehead atoms. The van der Waals surface area contributed by atoms with Crippen LogP contribution in [-0.4, -0.2) is 35.3 Å². The fourth-order valence-electron chi connectivity index (χ4n) is 2.59. The molecule has 1 N–H and O–H groups in total. The van der Waals surface area contributed by atoms with E-state index in [0.717, 1.165) is 19.4 Å². The largest absolute Gasteiger partial charge is 0.342 e. The maximum atomic E-state index is 12.4. The minimum absolute atomic E-state index is 0.0192. The third-order valence-corrected chi connectivity index (χ3v) is 4.44. The quantitative estimate of drug-likeness (QED) is 0.792. The number of nitrogens with one attached hydrogen (secondary N) is 1. The number of carbonyl (C=O) groups excluding carboxylic acids is 2. The van der Waals surface area contributed by atoms with E-state index >= 15 is 0 Å². The van der Waals surface area contributed by atoms with Crippen molar-refractivity contribution >= 4 is 11.8 Å². The summed E-state index contributed by atoms with van der Waals surface area (Å²) in [6.45, 7) is 4.79. The van der Waals surface area contributed by atoms with Crippen LogP contribution < -0.4 is 5.32 Å². The molecule has 0 radical (unpaired) electrons. The van der Waals surface area contributed by atoms with Crippen molar-refractivity contribution in [1.29, 1.82) is 0 Å². The van der Waals surface area contributed by atoms with Crippen LogP contribution in [0.3, 0.4) is 0 Å². The lowest BCUT2D eigenvalue weighted by molar-refractivity contribution is -0.150. The SMILES string of the molecule is CC1C(=O)NC(C2CC2)C(=O)N1CC1(C)CC1. The zero-order chi connectivity index (χ0) is 12.2. The average molecular weight is 236 g/mol. The first-order chi connectivity index (χ1) is 8.00. The Bertz CT molecular complexity index is 372. The third kappa shape index (κ3) is 1.94. The normalized spacial score (nSPS) is 35.8. The summed E-state index contributed by atoms with van der Waals surface area (Å²) >= 11 is 0. The molecule has 1 saturated heterocycles. The molecule has 94 valence electrons. The van der Waals surface area contributed by atoms with E-state index in [1.165, 1.54) is 12.8 Å². The van der Waals surface area contributed by atoms with Gasteiger partial charge in [0, 0.05) is 6.54 Å². The molecular formula is C13H20N2O2. The van der Waals surface area contributed by atoms with E-state index in [2.05, 4.69) is 12.2 Å². The van der Waals surface area contributed by atoms with Gasteiger partial charge >= 0.3 is 0 Å². The highest BCUT2D eigenvalue weighted by Gasteiger charge is 2.49. The van der Waals surface area contributed by atoms with Crippen LogP contribution in [0.2, 0.25) is 0 Å². The summed E-state index contributed by atoms with van der Waals surface area (Å²) in [4.78, 5) is 26.1. The Kier molecular flexibility index (Phi) is 2.25. The summed E-state index contributed by atoms with van der Waals surface area (Å²) in [5.74, 6) is 0.562. The topological polar surface area (TPSA) is 49.4 Å². The molecule has 2 saturated carbocycles. The van der Waals surface area contributed by atoms with Gasteiger partial charge < -0.3 is 10.2 Å². The molecule has 3 fully saturated rings. The van der Waals surface area contributed by atoms with Gasteiger partial charge in [-0.25, -0.2) is 0 Å². The molecule has 17 heavy (non-hydrogen) atoms. The molecule has 0 aromatic carbocycles. The summed E-state index contributed by atoms with van der Waals surface area (Å²) in [7, 11) is 0. The Morgan fingerprint density at radius 1 is 1.35 bits per heavy atom. The first kappa shape index (κ1) is 11.1. The van der Waals surface area contributed by atoms with Crippen molar-refractivity contribution in [3.8, 4) is 0 Å². The van der Waals surface area contributed by atoms with E-state index in [-0.39, 0.29) is 29.3 Å². The highest BCUT2D eigenvalue weighted by atomic mass is 16.2. The van der Waals surface area contributed by atoms with Gasteiger partial charge in [-0.05, 0) is 43.9 Å². The second kappa shape index (κ2) is 3.47. The lowest BCUT2D eigenvalue weighted by atomic mass is 10.0. The molecule has 0 aromatic heterocycles. The first-order valence-corrected chi connectivity index (χ1v) is 6.61. The van der Waals surface area contributed by atoms with Crippen molar-refractivity contribution in [3.05, 3.63) is 0 Å². The number of hydrogen-bond acceptors (Lipinski definition) is 2. The Morgan fingerprint density at radius 3 is 2.53 bits per heavy atom. The van der Waals surface area contributed by atoms with Crippen LogP contribution >= 0.6 is 0 Å². The summed E-state index contributed by atoms with van der Waals surface area (Å²) in [6, 6.07) is -0.532. The van der Waals surface area contributed by atoms with E-state index in [0.29, 0.717) is 5.92 Å². The maximum absolute atomic E-state index is 12.4. The van der Waals surface area contributed by atoms with Crippen molar-refractivity contribution in [2.75, 3.05) is 6.54 Å². The standard InChI is InChI=1S/C13H20N2O2/c1-8-11(16)14-10(9-3-4-9)12(17)15(8)7-13(2)5-6-13/h8-10H,3-7H2,1-2H3,(H,14,16). The van der Waals surface area contributed by atoms with Crippen LogP contribution in [0.4, 0.5) is 0 Å². The molecule has 0 spiro atoms. The lowest BCUT2D eigenvalue weighted by Gasteiger charge is -2.39. The van der Waals surface area contributed by atoms with E-state index in [9.17, 15) is 9.59 Å². The van der Waals surface area contributed by atoms with E-state index < -0.39 is 0 Å². The zero-order valence-electron chi connectivity index (χ0n) is 10.5. The number of amides is 2. The summed E-state index contributed by atoms with van der Waals surface area (Å²) in [5, 5.41) is 2.88. The Morgan fingerprint density at radius 2 is 2.00 bits per heavy atom. The van der Waals surface area contributed by atoms with Crippen LogP contribution in [0.1, 0.15) is 39.5 Å². The predicted octanol–water partition coefficient (Wildman–Crippen LogP) is 0.912. The molecule has 2 aliphatic carbocycles. The summed E-state index contributed by atoms with van der Waals surface area (Å²) < 4.78 is 0. The number of rotatable bonds is 3.